The standard InChI is InChI=1S/C13H12N2/c14-8-7-11-4-1-2-5-12(11)10-13-6-3-9-15-13/h1-7,9-11,14-15H. The second-order valence-corrected chi connectivity index (χ2v) is 3.35. The van der Waals surface area contributed by atoms with E-state index >= 15 is 0 Å². The van der Waals surface area contributed by atoms with Crippen molar-refractivity contribution in [1.82, 2.24) is 4.98 Å². The van der Waals surface area contributed by atoms with Gasteiger partial charge < -0.3 is 4.98 Å². The van der Waals surface area contributed by atoms with Gasteiger partial charge in [0.25, 0.3) is 0 Å². The van der Waals surface area contributed by atoms with Gasteiger partial charge in [-0.3, -0.25) is 5.41 Å². The van der Waals surface area contributed by atoms with Crippen LogP contribution in [0.3, 0.4) is 0 Å². The van der Waals surface area contributed by atoms with Gasteiger partial charge in [-0.25, -0.2) is 0 Å². The molecule has 0 aromatic carbocycles. The Kier molecular flexibility index (Phi) is 2.82. The van der Waals surface area contributed by atoms with Crippen molar-refractivity contribution in [2.24, 2.45) is 5.92 Å². The fraction of sp³-hybridized carbons (Fsp3) is 0.0769. The van der Waals surface area contributed by atoms with E-state index in [1.807, 2.05) is 30.5 Å². The van der Waals surface area contributed by atoms with Gasteiger partial charge in [0, 0.05) is 17.8 Å². The number of allylic oxidation sites excluding steroid dienone is 6. The topological polar surface area (TPSA) is 39.6 Å². The first-order valence-corrected chi connectivity index (χ1v) is 4.85. The van der Waals surface area contributed by atoms with Crippen LogP contribution in [0.1, 0.15) is 5.69 Å². The Morgan fingerprint density at radius 3 is 3.07 bits per heavy atom. The summed E-state index contributed by atoms with van der Waals surface area (Å²) in [6, 6.07) is 3.99. The van der Waals surface area contributed by atoms with Crippen LogP contribution in [0.2, 0.25) is 0 Å². The quantitative estimate of drug-likeness (QED) is 0.683. The molecule has 0 spiro atoms. The molecule has 1 aromatic rings. The summed E-state index contributed by atoms with van der Waals surface area (Å²) in [6.07, 6.45) is 13.8. The molecule has 0 radical (unpaired) electrons. The lowest BCUT2D eigenvalue weighted by Gasteiger charge is -2.11. The number of aromatic amines is 1. The van der Waals surface area contributed by atoms with E-state index in [0.717, 1.165) is 5.69 Å². The van der Waals surface area contributed by atoms with Crippen LogP contribution in [0.4, 0.5) is 0 Å². The molecule has 1 heterocycles. The van der Waals surface area contributed by atoms with Gasteiger partial charge in [-0.1, -0.05) is 24.3 Å². The molecule has 1 aromatic heterocycles. The van der Waals surface area contributed by atoms with E-state index in [4.69, 9.17) is 5.41 Å². The lowest BCUT2D eigenvalue weighted by molar-refractivity contribution is 1.01. The zero-order chi connectivity index (χ0) is 10.5. The van der Waals surface area contributed by atoms with Crippen molar-refractivity contribution in [2.75, 3.05) is 0 Å². The van der Waals surface area contributed by atoms with Crippen LogP contribution in [0.25, 0.3) is 6.08 Å². The van der Waals surface area contributed by atoms with Gasteiger partial charge in [0.1, 0.15) is 0 Å². The molecule has 15 heavy (non-hydrogen) atoms. The Hall–Kier alpha value is -2.05. The fourth-order valence-corrected chi connectivity index (χ4v) is 1.57. The molecule has 0 saturated heterocycles. The average molecular weight is 196 g/mol. The summed E-state index contributed by atoms with van der Waals surface area (Å²) in [5.74, 6) is 2.50. The van der Waals surface area contributed by atoms with Crippen LogP contribution >= 0.6 is 0 Å². The van der Waals surface area contributed by atoms with Crippen LogP contribution in [-0.4, -0.2) is 10.9 Å². The van der Waals surface area contributed by atoms with Crippen LogP contribution in [0.5, 0.6) is 0 Å². The van der Waals surface area contributed by atoms with Crippen molar-refractivity contribution in [3.8, 4) is 0 Å². The highest BCUT2D eigenvalue weighted by molar-refractivity contribution is 5.60. The third-order valence-corrected chi connectivity index (χ3v) is 2.31. The van der Waals surface area contributed by atoms with E-state index in [-0.39, 0.29) is 5.92 Å². The predicted molar refractivity (Wildman–Crippen MR) is 62.8 cm³/mol. The molecule has 74 valence electrons. The molecular formula is C13H12N2. The molecule has 2 N–H and O–H groups in total. The Bertz CT molecular complexity index is 455. The van der Waals surface area contributed by atoms with Gasteiger partial charge in [-0.2, -0.15) is 0 Å². The maximum absolute atomic E-state index is 6.98. The van der Waals surface area contributed by atoms with E-state index in [1.165, 1.54) is 5.57 Å². The Morgan fingerprint density at radius 2 is 2.33 bits per heavy atom. The van der Waals surface area contributed by atoms with Crippen LogP contribution in [0, 0.1) is 11.3 Å². The Balaban J connectivity index is 2.30. The van der Waals surface area contributed by atoms with Crippen molar-refractivity contribution in [3.05, 3.63) is 60.0 Å². The summed E-state index contributed by atoms with van der Waals surface area (Å²) in [6.45, 7) is 0. The van der Waals surface area contributed by atoms with E-state index in [1.54, 1.807) is 6.08 Å². The number of hydrogen-bond acceptors (Lipinski definition) is 1. The second kappa shape index (κ2) is 4.45. The van der Waals surface area contributed by atoms with Crippen molar-refractivity contribution < 1.29 is 0 Å². The highest BCUT2D eigenvalue weighted by Gasteiger charge is 2.07. The third kappa shape index (κ3) is 2.25. The van der Waals surface area contributed by atoms with E-state index in [0.29, 0.717) is 0 Å². The summed E-state index contributed by atoms with van der Waals surface area (Å²) in [5, 5.41) is 6.98. The SMILES string of the molecule is N=C=CC1C=CC=CC1=Cc1ccc[nH]1. The largest absolute Gasteiger partial charge is 0.362 e. The maximum Gasteiger partial charge on any atom is 0.0383 e. The van der Waals surface area contributed by atoms with Gasteiger partial charge >= 0.3 is 0 Å². The van der Waals surface area contributed by atoms with Crippen molar-refractivity contribution in [1.29, 1.82) is 5.41 Å². The minimum Gasteiger partial charge on any atom is -0.362 e. The van der Waals surface area contributed by atoms with Gasteiger partial charge in [0.2, 0.25) is 0 Å². The molecule has 2 rings (SSSR count). The minimum absolute atomic E-state index is 0.163. The first-order valence-electron chi connectivity index (χ1n) is 4.85. The average Bonchev–Trinajstić information content (AvgIpc) is 2.74. The van der Waals surface area contributed by atoms with Gasteiger partial charge in [-0.15, -0.1) is 0 Å². The third-order valence-electron chi connectivity index (χ3n) is 2.31. The number of hydrogen-bond donors (Lipinski definition) is 2. The fourth-order valence-electron chi connectivity index (χ4n) is 1.57. The lowest BCUT2D eigenvalue weighted by atomic mass is 9.94. The highest BCUT2D eigenvalue weighted by atomic mass is 14.7. The van der Waals surface area contributed by atoms with E-state index in [9.17, 15) is 0 Å². The first kappa shape index (κ1) is 9.50. The van der Waals surface area contributed by atoms with Gasteiger partial charge in [0.15, 0.2) is 0 Å². The second-order valence-electron chi connectivity index (χ2n) is 3.35. The zero-order valence-electron chi connectivity index (χ0n) is 8.27. The van der Waals surface area contributed by atoms with Crippen LogP contribution in [-0.2, 0) is 0 Å². The van der Waals surface area contributed by atoms with Crippen LogP contribution < -0.4 is 0 Å². The summed E-state index contributed by atoms with van der Waals surface area (Å²) in [4.78, 5) is 3.13. The molecule has 0 aliphatic heterocycles. The maximum atomic E-state index is 6.98. The first-order chi connectivity index (χ1) is 7.40. The molecule has 0 saturated carbocycles. The molecule has 2 heteroatoms. The number of nitrogens with one attached hydrogen (secondary N) is 2. The smallest absolute Gasteiger partial charge is 0.0383 e. The van der Waals surface area contributed by atoms with E-state index < -0.39 is 0 Å². The predicted octanol–water partition coefficient (Wildman–Crippen LogP) is 2.94. The molecule has 1 aliphatic rings. The van der Waals surface area contributed by atoms with Crippen molar-refractivity contribution in [2.45, 2.75) is 0 Å². The number of rotatable bonds is 2. The monoisotopic (exact) mass is 196 g/mol. The molecule has 1 atom stereocenters. The molecule has 0 amide bonds. The molecule has 1 unspecified atom stereocenters. The Labute approximate surface area is 88.8 Å². The van der Waals surface area contributed by atoms with Gasteiger partial charge in [-0.05, 0) is 35.7 Å². The minimum atomic E-state index is 0.163. The molecule has 2 nitrogen and oxygen atoms in total. The van der Waals surface area contributed by atoms with Gasteiger partial charge in [0.05, 0.1) is 0 Å². The number of aromatic nitrogens is 1. The lowest BCUT2D eigenvalue weighted by Crippen LogP contribution is -1.98. The summed E-state index contributed by atoms with van der Waals surface area (Å²) >= 11 is 0. The van der Waals surface area contributed by atoms with E-state index in [2.05, 4.69) is 29.1 Å². The molecule has 0 bridgehead atoms. The highest BCUT2D eigenvalue weighted by Crippen LogP contribution is 2.21. The summed E-state index contributed by atoms with van der Waals surface area (Å²) in [5.41, 5.74) is 2.24. The zero-order valence-corrected chi connectivity index (χ0v) is 8.27. The molecular weight excluding hydrogens is 184 g/mol. The van der Waals surface area contributed by atoms with Crippen molar-refractivity contribution in [3.63, 3.8) is 0 Å². The summed E-state index contributed by atoms with van der Waals surface area (Å²) in [7, 11) is 0. The summed E-state index contributed by atoms with van der Waals surface area (Å²) < 4.78 is 0. The van der Waals surface area contributed by atoms with Crippen molar-refractivity contribution >= 4 is 11.9 Å². The number of H-pyrrole nitrogens is 1. The molecule has 1 aliphatic carbocycles. The van der Waals surface area contributed by atoms with Crippen LogP contribution in [0.15, 0.2) is 54.3 Å². The molecule has 0 fully saturated rings. The Morgan fingerprint density at radius 1 is 1.40 bits per heavy atom. The normalized spacial score (nSPS) is 21.6.